The number of aryl methyl sites for hydroxylation is 1. The maximum absolute atomic E-state index is 13.0. The zero-order valence-electron chi connectivity index (χ0n) is 42.0. The standard InChI is InChI=1S/C54H78N2O12S4/c1-31-6-8-34-9-13-44(59)40-26-56-53(64)41(40)27-69-70-28-43-37-12-11-36(22-42(37)54(34,25-31)15-4-5-16-55-43)68-48-21-33-7-10-35(67-30-58)23-45(60)39(18-32-19-49(65-2)52(63)50(20-32)66-3)47(62)29-71-72-51(14-17-57)38(33)24-46(48)61/h19-21,24,31,34-37,39-45,47,51,55,57-63H,5-14,16-18,22-23,25-30H2,1-3H3,(H,56,64)/t31-,34+,35+,36+,37-,39+,40+,41-,42-,43+,44+,45-,47+,51+,54-/m1/s1. The van der Waals surface area contributed by atoms with E-state index in [1.54, 1.807) is 29.0 Å². The number of benzene rings is 2. The van der Waals surface area contributed by atoms with Crippen LogP contribution in [-0.2, 0) is 22.4 Å². The third-order valence-corrected chi connectivity index (χ3v) is 22.2. The van der Waals surface area contributed by atoms with Crippen molar-refractivity contribution >= 4 is 49.1 Å². The van der Waals surface area contributed by atoms with Crippen LogP contribution >= 0.6 is 43.2 Å². The van der Waals surface area contributed by atoms with Crippen molar-refractivity contribution in [3.63, 3.8) is 0 Å². The van der Waals surface area contributed by atoms with Gasteiger partial charge < -0.3 is 65.3 Å². The molecule has 2 aromatic rings. The van der Waals surface area contributed by atoms with Gasteiger partial charge in [-0.05, 0) is 142 Å². The van der Waals surface area contributed by atoms with Gasteiger partial charge in [0.05, 0.1) is 50.7 Å². The van der Waals surface area contributed by atoms with E-state index in [2.05, 4.69) is 29.4 Å². The summed E-state index contributed by atoms with van der Waals surface area (Å²) in [6.07, 6.45) is 6.18. The molecule has 4 aliphatic heterocycles. The fraction of sp³-hybridized carbons (Fsp3) is 0.722. The van der Waals surface area contributed by atoms with Gasteiger partial charge in [-0.15, -0.1) is 5.92 Å². The summed E-state index contributed by atoms with van der Waals surface area (Å²) in [6.45, 7) is 3.05. The van der Waals surface area contributed by atoms with Crippen molar-refractivity contribution < 1.29 is 59.5 Å². The van der Waals surface area contributed by atoms with Crippen molar-refractivity contribution in [2.45, 2.75) is 139 Å². The molecule has 1 spiro atoms. The van der Waals surface area contributed by atoms with Crippen LogP contribution in [0.4, 0.5) is 0 Å². The fourth-order valence-electron chi connectivity index (χ4n) is 13.1. The third-order valence-electron chi connectivity index (χ3n) is 16.9. The maximum Gasteiger partial charge on any atom is 0.224 e. The van der Waals surface area contributed by atoms with Crippen LogP contribution in [0, 0.1) is 58.7 Å². The zero-order chi connectivity index (χ0) is 50.9. The van der Waals surface area contributed by atoms with Gasteiger partial charge in [0.2, 0.25) is 11.7 Å². The first kappa shape index (κ1) is 55.8. The van der Waals surface area contributed by atoms with E-state index in [1.165, 1.54) is 35.8 Å². The molecule has 72 heavy (non-hydrogen) atoms. The number of aliphatic hydroxyl groups is 5. The number of hydrogen-bond acceptors (Lipinski definition) is 17. The highest BCUT2D eigenvalue weighted by atomic mass is 33.1. The molecule has 15 atom stereocenters. The Labute approximate surface area is 441 Å². The average Bonchev–Trinajstić information content (AvgIpc) is 3.76. The summed E-state index contributed by atoms with van der Waals surface area (Å²) in [4.78, 5) is 13.0. The molecule has 0 radical (unpaired) electrons. The number of fused-ring (bicyclic) bond motifs is 2. The number of ether oxygens (including phenoxy) is 4. The summed E-state index contributed by atoms with van der Waals surface area (Å²) in [5.41, 5.74) is 2.17. The first-order valence-corrected chi connectivity index (χ1v) is 31.1. The van der Waals surface area contributed by atoms with Gasteiger partial charge in [0, 0.05) is 71.9 Å². The first-order valence-electron chi connectivity index (χ1n) is 26.2. The van der Waals surface area contributed by atoms with Gasteiger partial charge in [0.1, 0.15) is 6.79 Å². The molecule has 6 aliphatic rings. The topological polar surface area (TPSA) is 220 Å². The molecule has 2 bridgehead atoms. The third kappa shape index (κ3) is 13.0. The summed E-state index contributed by atoms with van der Waals surface area (Å²) < 4.78 is 23.7. The number of methoxy groups -OCH3 is 2. The minimum Gasteiger partial charge on any atom is -0.504 e. The molecule has 14 nitrogen and oxygen atoms in total. The lowest BCUT2D eigenvalue weighted by Crippen LogP contribution is -2.53. The molecule has 9 N–H and O–H groups in total. The van der Waals surface area contributed by atoms with Gasteiger partial charge in [-0.25, -0.2) is 0 Å². The van der Waals surface area contributed by atoms with Gasteiger partial charge >= 0.3 is 0 Å². The van der Waals surface area contributed by atoms with E-state index in [1.807, 2.05) is 16.9 Å². The number of carbonyl (C=O) groups excluding carboxylic acids is 1. The van der Waals surface area contributed by atoms with Crippen molar-refractivity contribution in [1.29, 1.82) is 0 Å². The van der Waals surface area contributed by atoms with Crippen LogP contribution in [0.25, 0.3) is 0 Å². The first-order chi connectivity index (χ1) is 34.9. The number of aromatic hydroxyl groups is 2. The van der Waals surface area contributed by atoms with Crippen molar-refractivity contribution in [3.8, 4) is 40.6 Å². The number of aliphatic hydroxyl groups excluding tert-OH is 5. The van der Waals surface area contributed by atoms with Crippen LogP contribution in [0.15, 0.2) is 24.3 Å². The van der Waals surface area contributed by atoms with E-state index >= 15 is 0 Å². The molecule has 0 aromatic heterocycles. The number of phenols is 2. The van der Waals surface area contributed by atoms with Crippen LogP contribution in [0.1, 0.15) is 106 Å². The minimum atomic E-state index is -1.04. The Balaban J connectivity index is 1.07. The Bertz CT molecular complexity index is 2160. The van der Waals surface area contributed by atoms with Gasteiger partial charge in [0.25, 0.3) is 0 Å². The van der Waals surface area contributed by atoms with E-state index in [4.69, 9.17) is 18.9 Å². The molecule has 2 saturated heterocycles. The van der Waals surface area contributed by atoms with E-state index in [0.717, 1.165) is 74.8 Å². The molecule has 0 unspecified atom stereocenters. The summed E-state index contributed by atoms with van der Waals surface area (Å²) in [7, 11) is 9.44. The second-order valence-corrected chi connectivity index (χ2v) is 26.4. The Kier molecular flexibility index (Phi) is 20.2. The largest absolute Gasteiger partial charge is 0.504 e. The molecule has 2 aromatic carbocycles. The number of nitrogens with one attached hydrogen (secondary N) is 2. The lowest BCUT2D eigenvalue weighted by molar-refractivity contribution is -0.123. The second-order valence-electron chi connectivity index (χ2n) is 21.2. The van der Waals surface area contributed by atoms with Crippen molar-refractivity contribution in [1.82, 2.24) is 10.6 Å². The normalized spacial score (nSPS) is 36.0. The summed E-state index contributed by atoms with van der Waals surface area (Å²) in [5, 5.41) is 85.2. The summed E-state index contributed by atoms with van der Waals surface area (Å²) >= 11 is 0. The molecular weight excluding hydrogens is 997 g/mol. The van der Waals surface area contributed by atoms with E-state index in [0.29, 0.717) is 61.1 Å². The van der Waals surface area contributed by atoms with Crippen LogP contribution < -0.4 is 24.8 Å². The molecule has 8 rings (SSSR count). The Morgan fingerprint density at radius 1 is 0.819 bits per heavy atom. The van der Waals surface area contributed by atoms with Crippen LogP contribution in [0.5, 0.6) is 28.7 Å². The number of rotatable bonds is 10. The van der Waals surface area contributed by atoms with Gasteiger partial charge in [-0.1, -0.05) is 62.4 Å². The molecule has 2 saturated carbocycles. The SMILES string of the molecule is COc1cc(C[C@H]2[C@H](O)C[C@@H](OCO)CCc3cc(O[C@H]4CC[C@H]5[C@@H]6CSSC[C@H]7C(=O)NC[C@@H]7[C@@H](O)CC[C@@H]7CC[C@@H](C)C[C@@]7(C#CCCN6)[C@@H]5C4)c(O)cc3[C@H](CCO)SSC[C@@H]2O)cc(OC)c1O. The highest BCUT2D eigenvalue weighted by Crippen LogP contribution is 2.58. The molecular formula is C54H78N2O12S4. The number of carbonyl (C=O) groups is 1. The van der Waals surface area contributed by atoms with Crippen LogP contribution in [0.2, 0.25) is 0 Å². The van der Waals surface area contributed by atoms with Crippen molar-refractivity contribution in [2.24, 2.45) is 46.8 Å². The number of phenolic OH excluding ortho intramolecular Hbond substituents is 2. The molecule has 4 heterocycles. The van der Waals surface area contributed by atoms with Gasteiger partial charge in [-0.2, -0.15) is 0 Å². The lowest BCUT2D eigenvalue weighted by Gasteiger charge is -2.54. The number of amides is 1. The Morgan fingerprint density at radius 2 is 1.60 bits per heavy atom. The molecule has 1 amide bonds. The Hall–Kier alpha value is -2.41. The van der Waals surface area contributed by atoms with Crippen LogP contribution in [0.3, 0.4) is 0 Å². The predicted molar refractivity (Wildman–Crippen MR) is 286 cm³/mol. The minimum absolute atomic E-state index is 0.0231. The Morgan fingerprint density at radius 3 is 2.36 bits per heavy atom. The fourth-order valence-corrected chi connectivity index (χ4v) is 18.7. The molecule has 18 heteroatoms. The van der Waals surface area contributed by atoms with E-state index < -0.39 is 37.1 Å². The summed E-state index contributed by atoms with van der Waals surface area (Å²) in [5.74, 6) is 10.7. The lowest BCUT2D eigenvalue weighted by atomic mass is 9.51. The van der Waals surface area contributed by atoms with Crippen molar-refractivity contribution in [2.75, 3.05) is 58.0 Å². The maximum atomic E-state index is 13.0. The predicted octanol–water partition coefficient (Wildman–Crippen LogP) is 7.02. The number of hydrogen-bond donors (Lipinski definition) is 9. The smallest absolute Gasteiger partial charge is 0.224 e. The van der Waals surface area contributed by atoms with Crippen LogP contribution in [-0.4, -0.2) is 136 Å². The van der Waals surface area contributed by atoms with Crippen molar-refractivity contribution in [3.05, 3.63) is 41.0 Å². The molecule has 2 aliphatic carbocycles. The quantitative estimate of drug-likeness (QED) is 0.0663. The highest BCUT2D eigenvalue weighted by Gasteiger charge is 2.54. The molecule has 4 fully saturated rings. The van der Waals surface area contributed by atoms with Gasteiger partial charge in [-0.3, -0.25) is 4.79 Å². The summed E-state index contributed by atoms with van der Waals surface area (Å²) in [6, 6.07) is 7.30. The monoisotopic (exact) mass is 1070 g/mol. The average molecular weight is 1080 g/mol. The zero-order valence-corrected chi connectivity index (χ0v) is 45.3. The van der Waals surface area contributed by atoms with Gasteiger partial charge in [0.15, 0.2) is 23.0 Å². The van der Waals surface area contributed by atoms with E-state index in [-0.39, 0.29) is 101 Å². The molecule has 400 valence electrons. The highest BCUT2D eigenvalue weighted by molar-refractivity contribution is 8.77. The van der Waals surface area contributed by atoms with E-state index in [9.17, 15) is 40.5 Å². The second kappa shape index (κ2) is 26.1.